The van der Waals surface area contributed by atoms with Gasteiger partial charge < -0.3 is 4.74 Å². The minimum Gasteiger partial charge on any atom is -0.491 e. The molecule has 0 saturated carbocycles. The summed E-state index contributed by atoms with van der Waals surface area (Å²) < 4.78 is 7.58. The summed E-state index contributed by atoms with van der Waals surface area (Å²) in [6.45, 7) is 3.25. The Morgan fingerprint density at radius 3 is 2.74 bits per heavy atom. The third kappa shape index (κ3) is 3.47. The van der Waals surface area contributed by atoms with Gasteiger partial charge in [-0.3, -0.25) is 10.5 Å². The van der Waals surface area contributed by atoms with E-state index in [2.05, 4.69) is 10.5 Å². The van der Waals surface area contributed by atoms with Gasteiger partial charge in [0.1, 0.15) is 12.4 Å². The Balaban J connectivity index is 2.02. The van der Waals surface area contributed by atoms with E-state index < -0.39 is 0 Å². The molecule has 2 rings (SSSR count). The summed E-state index contributed by atoms with van der Waals surface area (Å²) >= 11 is 5.82. The molecule has 0 spiro atoms. The van der Waals surface area contributed by atoms with Crippen LogP contribution >= 0.6 is 11.6 Å². The lowest BCUT2D eigenvalue weighted by atomic mass is 10.2. The Labute approximate surface area is 117 Å². The average molecular weight is 281 g/mol. The van der Waals surface area contributed by atoms with Crippen LogP contribution in [0.25, 0.3) is 0 Å². The van der Waals surface area contributed by atoms with Crippen LogP contribution in [0.1, 0.15) is 18.7 Å². The Morgan fingerprint density at radius 2 is 2.11 bits per heavy atom. The van der Waals surface area contributed by atoms with Crippen LogP contribution in [-0.4, -0.2) is 16.4 Å². The van der Waals surface area contributed by atoms with Gasteiger partial charge in [-0.1, -0.05) is 11.6 Å². The van der Waals surface area contributed by atoms with Crippen molar-refractivity contribution in [3.05, 3.63) is 47.2 Å². The number of aryl methyl sites for hydroxylation is 1. The second-order valence-electron chi connectivity index (χ2n) is 4.06. The van der Waals surface area contributed by atoms with Crippen LogP contribution in [0.5, 0.6) is 5.75 Å². The van der Waals surface area contributed by atoms with Crippen molar-refractivity contribution >= 4 is 11.6 Å². The van der Waals surface area contributed by atoms with E-state index in [9.17, 15) is 0 Å². The number of hydrazine groups is 1. The van der Waals surface area contributed by atoms with Crippen molar-refractivity contribution in [2.24, 2.45) is 5.84 Å². The highest BCUT2D eigenvalue weighted by molar-refractivity contribution is 6.30. The maximum Gasteiger partial charge on any atom is 0.119 e. The van der Waals surface area contributed by atoms with Gasteiger partial charge in [-0.2, -0.15) is 5.10 Å². The first kappa shape index (κ1) is 13.9. The van der Waals surface area contributed by atoms with E-state index >= 15 is 0 Å². The fourth-order valence-corrected chi connectivity index (χ4v) is 1.96. The van der Waals surface area contributed by atoms with E-state index in [-0.39, 0.29) is 6.04 Å². The third-order valence-corrected chi connectivity index (χ3v) is 3.09. The largest absolute Gasteiger partial charge is 0.491 e. The molecule has 1 aromatic heterocycles. The summed E-state index contributed by atoms with van der Waals surface area (Å²) in [6, 6.07) is 9.05. The number of hydrogen-bond donors (Lipinski definition) is 2. The van der Waals surface area contributed by atoms with E-state index in [0.717, 1.165) is 18.0 Å². The Bertz CT molecular complexity index is 512. The summed E-state index contributed by atoms with van der Waals surface area (Å²) in [4.78, 5) is 0. The summed E-state index contributed by atoms with van der Waals surface area (Å²) in [5.41, 5.74) is 3.75. The quantitative estimate of drug-likeness (QED) is 0.628. The molecule has 0 radical (unpaired) electrons. The number of halogens is 1. The molecule has 1 unspecified atom stereocenters. The summed E-state index contributed by atoms with van der Waals surface area (Å²) in [7, 11) is 0. The van der Waals surface area contributed by atoms with E-state index in [4.69, 9.17) is 22.2 Å². The van der Waals surface area contributed by atoms with Gasteiger partial charge >= 0.3 is 0 Å². The zero-order valence-corrected chi connectivity index (χ0v) is 11.5. The number of nitrogens with two attached hydrogens (primary N) is 1. The highest BCUT2D eigenvalue weighted by atomic mass is 35.5. The molecule has 0 aliphatic carbocycles. The predicted molar refractivity (Wildman–Crippen MR) is 74.9 cm³/mol. The number of nitrogens with one attached hydrogen (secondary N) is 1. The molecule has 5 nitrogen and oxygen atoms in total. The lowest BCUT2D eigenvalue weighted by Gasteiger charge is -2.18. The van der Waals surface area contributed by atoms with Gasteiger partial charge in [0.15, 0.2) is 0 Å². The Kier molecular flexibility index (Phi) is 4.79. The van der Waals surface area contributed by atoms with Crippen molar-refractivity contribution in [3.8, 4) is 5.75 Å². The van der Waals surface area contributed by atoms with Crippen LogP contribution in [0.4, 0.5) is 0 Å². The van der Waals surface area contributed by atoms with Crippen LogP contribution in [0.2, 0.25) is 5.02 Å². The molecule has 2 aromatic rings. The third-order valence-electron chi connectivity index (χ3n) is 2.84. The molecule has 0 aliphatic heterocycles. The molecular formula is C13H17ClN4O. The maximum absolute atomic E-state index is 5.82. The van der Waals surface area contributed by atoms with E-state index in [1.807, 2.05) is 29.8 Å². The fraction of sp³-hybridized carbons (Fsp3) is 0.308. The number of benzene rings is 1. The van der Waals surface area contributed by atoms with Crippen molar-refractivity contribution in [1.29, 1.82) is 0 Å². The number of hydrogen-bond acceptors (Lipinski definition) is 4. The minimum atomic E-state index is -0.113. The van der Waals surface area contributed by atoms with Crippen LogP contribution in [0, 0.1) is 0 Å². The van der Waals surface area contributed by atoms with Crippen LogP contribution in [-0.2, 0) is 6.54 Å². The molecule has 3 N–H and O–H groups in total. The van der Waals surface area contributed by atoms with Crippen LogP contribution in [0.3, 0.4) is 0 Å². The van der Waals surface area contributed by atoms with Crippen LogP contribution < -0.4 is 16.0 Å². The average Bonchev–Trinajstić information content (AvgIpc) is 2.90. The molecule has 1 heterocycles. The molecule has 1 atom stereocenters. The molecular weight excluding hydrogens is 264 g/mol. The van der Waals surface area contributed by atoms with Gasteiger partial charge in [-0.25, -0.2) is 5.43 Å². The summed E-state index contributed by atoms with van der Waals surface area (Å²) in [5, 5.41) is 4.90. The first-order valence-corrected chi connectivity index (χ1v) is 6.48. The van der Waals surface area contributed by atoms with Gasteiger partial charge in [0, 0.05) is 17.8 Å². The smallest absolute Gasteiger partial charge is 0.119 e. The molecule has 6 heteroatoms. The zero-order valence-electron chi connectivity index (χ0n) is 10.7. The number of rotatable bonds is 6. The van der Waals surface area contributed by atoms with Gasteiger partial charge in [-0.05, 0) is 37.3 Å². The van der Waals surface area contributed by atoms with Crippen LogP contribution in [0.15, 0.2) is 36.5 Å². The molecule has 0 aliphatic rings. The number of ether oxygens (including phenoxy) is 1. The van der Waals surface area contributed by atoms with E-state index in [1.54, 1.807) is 18.3 Å². The SMILES string of the molecule is CCn1nccc1C(COc1ccc(Cl)cc1)NN. The lowest BCUT2D eigenvalue weighted by Crippen LogP contribution is -2.34. The van der Waals surface area contributed by atoms with Crippen molar-refractivity contribution in [3.63, 3.8) is 0 Å². The van der Waals surface area contributed by atoms with Gasteiger partial charge in [0.2, 0.25) is 0 Å². The molecule has 102 valence electrons. The summed E-state index contributed by atoms with van der Waals surface area (Å²) in [6.07, 6.45) is 1.76. The van der Waals surface area contributed by atoms with Gasteiger partial charge in [0.25, 0.3) is 0 Å². The molecule has 1 aromatic carbocycles. The maximum atomic E-state index is 5.82. The molecule has 0 bridgehead atoms. The molecule has 0 amide bonds. The Morgan fingerprint density at radius 1 is 1.37 bits per heavy atom. The van der Waals surface area contributed by atoms with E-state index in [0.29, 0.717) is 11.6 Å². The number of aromatic nitrogens is 2. The molecule has 0 saturated heterocycles. The summed E-state index contributed by atoms with van der Waals surface area (Å²) in [5.74, 6) is 6.34. The first-order valence-electron chi connectivity index (χ1n) is 6.10. The van der Waals surface area contributed by atoms with Crippen molar-refractivity contribution in [2.45, 2.75) is 19.5 Å². The highest BCUT2D eigenvalue weighted by Gasteiger charge is 2.15. The fourth-order valence-electron chi connectivity index (χ4n) is 1.83. The monoisotopic (exact) mass is 280 g/mol. The standard InChI is InChI=1S/C13H17ClN4O/c1-2-18-13(7-8-16-18)12(17-15)9-19-11-5-3-10(14)4-6-11/h3-8,12,17H,2,9,15H2,1H3. The van der Waals surface area contributed by atoms with Gasteiger partial charge in [0.05, 0.1) is 11.7 Å². The van der Waals surface area contributed by atoms with Gasteiger partial charge in [-0.15, -0.1) is 0 Å². The second-order valence-corrected chi connectivity index (χ2v) is 4.49. The topological polar surface area (TPSA) is 65.1 Å². The minimum absolute atomic E-state index is 0.113. The lowest BCUT2D eigenvalue weighted by molar-refractivity contribution is 0.260. The van der Waals surface area contributed by atoms with Crippen molar-refractivity contribution < 1.29 is 4.74 Å². The normalized spacial score (nSPS) is 12.4. The first-order chi connectivity index (χ1) is 9.24. The van der Waals surface area contributed by atoms with Crippen molar-refractivity contribution in [2.75, 3.05) is 6.61 Å². The highest BCUT2D eigenvalue weighted by Crippen LogP contribution is 2.18. The van der Waals surface area contributed by atoms with Crippen molar-refractivity contribution in [1.82, 2.24) is 15.2 Å². The zero-order chi connectivity index (χ0) is 13.7. The predicted octanol–water partition coefficient (Wildman–Crippen LogP) is 2.14. The Hall–Kier alpha value is -1.56. The second kappa shape index (κ2) is 6.56. The molecule has 19 heavy (non-hydrogen) atoms. The van der Waals surface area contributed by atoms with E-state index in [1.165, 1.54) is 0 Å². The number of nitrogens with zero attached hydrogens (tertiary/aromatic N) is 2. The molecule has 0 fully saturated rings.